The van der Waals surface area contributed by atoms with Crippen LogP contribution in [-0.2, 0) is 6.42 Å². The zero-order valence-electron chi connectivity index (χ0n) is 9.09. The average molecular weight is 184 g/mol. The summed E-state index contributed by atoms with van der Waals surface area (Å²) in [7, 11) is 0. The first-order valence-corrected chi connectivity index (χ1v) is 5.22. The summed E-state index contributed by atoms with van der Waals surface area (Å²) in [4.78, 5) is 0. The van der Waals surface area contributed by atoms with Crippen molar-refractivity contribution in [2.75, 3.05) is 0 Å². The third-order valence-electron chi connectivity index (χ3n) is 3.12. The lowest BCUT2D eigenvalue weighted by atomic mass is 9.95. The molecular formula is C14H16. The maximum atomic E-state index is 2.32. The van der Waals surface area contributed by atoms with Gasteiger partial charge in [0.15, 0.2) is 0 Å². The van der Waals surface area contributed by atoms with E-state index < -0.39 is 0 Å². The number of fused-ring (bicyclic) bond motifs is 1. The largest absolute Gasteiger partial charge is 0.0616 e. The lowest BCUT2D eigenvalue weighted by molar-refractivity contribution is 1.10. The fourth-order valence-electron chi connectivity index (χ4n) is 2.07. The predicted octanol–water partition coefficient (Wildman–Crippen LogP) is 4.02. The van der Waals surface area contributed by atoms with Crippen LogP contribution in [0.1, 0.15) is 23.6 Å². The van der Waals surface area contributed by atoms with Crippen LogP contribution in [0.2, 0.25) is 0 Å². The molecular weight excluding hydrogens is 168 g/mol. The second kappa shape index (κ2) is 3.45. The average Bonchev–Trinajstić information content (AvgIpc) is 2.23. The summed E-state index contributed by atoms with van der Waals surface area (Å²) in [6.45, 7) is 6.66. The van der Waals surface area contributed by atoms with Gasteiger partial charge in [-0.3, -0.25) is 0 Å². The van der Waals surface area contributed by atoms with Crippen LogP contribution in [0.25, 0.3) is 10.8 Å². The van der Waals surface area contributed by atoms with Crippen LogP contribution in [0, 0.1) is 13.8 Å². The molecule has 0 aromatic heterocycles. The summed E-state index contributed by atoms with van der Waals surface area (Å²) in [6.07, 6.45) is 1.12. The topological polar surface area (TPSA) is 0 Å². The van der Waals surface area contributed by atoms with Gasteiger partial charge in [-0.05, 0) is 47.7 Å². The summed E-state index contributed by atoms with van der Waals surface area (Å²) in [5.41, 5.74) is 4.35. The maximum absolute atomic E-state index is 2.32. The van der Waals surface area contributed by atoms with E-state index in [4.69, 9.17) is 0 Å². The molecule has 0 unspecified atom stereocenters. The van der Waals surface area contributed by atoms with E-state index >= 15 is 0 Å². The molecule has 0 N–H and O–H groups in total. The quantitative estimate of drug-likeness (QED) is 0.628. The fourth-order valence-corrected chi connectivity index (χ4v) is 2.07. The molecule has 0 nitrogen and oxygen atoms in total. The lowest BCUT2D eigenvalue weighted by Crippen LogP contribution is -1.91. The Morgan fingerprint density at radius 1 is 1.00 bits per heavy atom. The normalized spacial score (nSPS) is 10.8. The number of hydrogen-bond donors (Lipinski definition) is 0. The minimum Gasteiger partial charge on any atom is -0.0616 e. The third kappa shape index (κ3) is 1.31. The summed E-state index contributed by atoms with van der Waals surface area (Å²) < 4.78 is 0. The Kier molecular flexibility index (Phi) is 2.28. The molecule has 2 aromatic rings. The third-order valence-corrected chi connectivity index (χ3v) is 3.12. The van der Waals surface area contributed by atoms with Gasteiger partial charge in [-0.15, -0.1) is 0 Å². The van der Waals surface area contributed by atoms with Crippen LogP contribution in [0.15, 0.2) is 30.3 Å². The van der Waals surface area contributed by atoms with E-state index in [-0.39, 0.29) is 0 Å². The monoisotopic (exact) mass is 184 g/mol. The molecule has 0 radical (unpaired) electrons. The highest BCUT2D eigenvalue weighted by Gasteiger charge is 2.04. The van der Waals surface area contributed by atoms with E-state index in [0.29, 0.717) is 0 Å². The molecule has 0 fully saturated rings. The molecule has 0 aliphatic rings. The summed E-state index contributed by atoms with van der Waals surface area (Å²) in [5.74, 6) is 0. The highest BCUT2D eigenvalue weighted by molar-refractivity contribution is 5.87. The molecule has 14 heavy (non-hydrogen) atoms. The summed E-state index contributed by atoms with van der Waals surface area (Å²) in [5, 5.41) is 2.76. The zero-order chi connectivity index (χ0) is 10.1. The van der Waals surface area contributed by atoms with Gasteiger partial charge in [-0.1, -0.05) is 37.3 Å². The summed E-state index contributed by atoms with van der Waals surface area (Å²) in [6, 6.07) is 10.9. The van der Waals surface area contributed by atoms with Crippen LogP contribution in [0.3, 0.4) is 0 Å². The van der Waals surface area contributed by atoms with Gasteiger partial charge in [0.05, 0.1) is 0 Å². The Morgan fingerprint density at radius 2 is 1.71 bits per heavy atom. The Balaban J connectivity index is 2.85. The van der Waals surface area contributed by atoms with Gasteiger partial charge in [-0.25, -0.2) is 0 Å². The van der Waals surface area contributed by atoms with Crippen molar-refractivity contribution in [2.24, 2.45) is 0 Å². The Labute approximate surface area is 85.6 Å². The Morgan fingerprint density at radius 3 is 2.43 bits per heavy atom. The molecule has 0 bridgehead atoms. The highest BCUT2D eigenvalue weighted by Crippen LogP contribution is 2.24. The minimum atomic E-state index is 1.12. The van der Waals surface area contributed by atoms with Crippen molar-refractivity contribution in [3.63, 3.8) is 0 Å². The van der Waals surface area contributed by atoms with E-state index in [2.05, 4.69) is 51.1 Å². The van der Waals surface area contributed by atoms with Gasteiger partial charge in [0.1, 0.15) is 0 Å². The van der Waals surface area contributed by atoms with Gasteiger partial charge in [0.2, 0.25) is 0 Å². The molecule has 2 aromatic carbocycles. The van der Waals surface area contributed by atoms with Crippen molar-refractivity contribution in [3.05, 3.63) is 47.0 Å². The molecule has 0 atom stereocenters. The first-order chi connectivity index (χ1) is 6.74. The second-order valence-electron chi connectivity index (χ2n) is 3.86. The molecule has 0 aliphatic carbocycles. The van der Waals surface area contributed by atoms with Crippen molar-refractivity contribution in [3.8, 4) is 0 Å². The molecule has 0 heterocycles. The van der Waals surface area contributed by atoms with Crippen molar-refractivity contribution >= 4 is 10.8 Å². The molecule has 0 saturated carbocycles. The van der Waals surface area contributed by atoms with Gasteiger partial charge in [0.25, 0.3) is 0 Å². The standard InChI is InChI=1S/C14H16/c1-4-12-9-13-7-5-6-8-14(13)11(3)10(12)2/h5-9H,4H2,1-3H3. The zero-order valence-corrected chi connectivity index (χ0v) is 9.09. The molecule has 0 amide bonds. The maximum Gasteiger partial charge on any atom is -0.0152 e. The van der Waals surface area contributed by atoms with Crippen LogP contribution in [-0.4, -0.2) is 0 Å². The van der Waals surface area contributed by atoms with E-state index in [1.807, 2.05) is 0 Å². The smallest absolute Gasteiger partial charge is 0.0152 e. The minimum absolute atomic E-state index is 1.12. The van der Waals surface area contributed by atoms with Gasteiger partial charge in [-0.2, -0.15) is 0 Å². The fraction of sp³-hybridized carbons (Fsp3) is 0.286. The van der Waals surface area contributed by atoms with E-state index in [0.717, 1.165) is 6.42 Å². The van der Waals surface area contributed by atoms with Gasteiger partial charge in [0, 0.05) is 0 Å². The van der Waals surface area contributed by atoms with E-state index in [9.17, 15) is 0 Å². The van der Waals surface area contributed by atoms with Crippen LogP contribution in [0.5, 0.6) is 0 Å². The van der Waals surface area contributed by atoms with Crippen LogP contribution < -0.4 is 0 Å². The van der Waals surface area contributed by atoms with E-state index in [1.54, 1.807) is 0 Å². The molecule has 0 spiro atoms. The second-order valence-corrected chi connectivity index (χ2v) is 3.86. The van der Waals surface area contributed by atoms with Crippen molar-refractivity contribution in [2.45, 2.75) is 27.2 Å². The van der Waals surface area contributed by atoms with Crippen LogP contribution >= 0.6 is 0 Å². The Hall–Kier alpha value is -1.30. The number of hydrogen-bond acceptors (Lipinski definition) is 0. The number of benzene rings is 2. The van der Waals surface area contributed by atoms with Crippen molar-refractivity contribution in [1.82, 2.24) is 0 Å². The predicted molar refractivity (Wildman–Crippen MR) is 62.8 cm³/mol. The molecule has 2 rings (SSSR count). The lowest BCUT2D eigenvalue weighted by Gasteiger charge is -2.10. The SMILES string of the molecule is CCc1cc2ccccc2c(C)c1C. The number of rotatable bonds is 1. The molecule has 0 heteroatoms. The first kappa shape index (κ1) is 9.26. The van der Waals surface area contributed by atoms with E-state index in [1.165, 1.54) is 27.5 Å². The number of aryl methyl sites for hydroxylation is 2. The molecule has 0 saturated heterocycles. The molecule has 72 valence electrons. The van der Waals surface area contributed by atoms with Gasteiger partial charge < -0.3 is 0 Å². The van der Waals surface area contributed by atoms with Crippen LogP contribution in [0.4, 0.5) is 0 Å². The molecule has 0 aliphatic heterocycles. The first-order valence-electron chi connectivity index (χ1n) is 5.22. The summed E-state index contributed by atoms with van der Waals surface area (Å²) >= 11 is 0. The van der Waals surface area contributed by atoms with Crippen molar-refractivity contribution in [1.29, 1.82) is 0 Å². The highest BCUT2D eigenvalue weighted by atomic mass is 14.1. The van der Waals surface area contributed by atoms with Gasteiger partial charge >= 0.3 is 0 Å². The van der Waals surface area contributed by atoms with Crippen molar-refractivity contribution < 1.29 is 0 Å². The Bertz CT molecular complexity index is 467.